The maximum Gasteiger partial charge on any atom is 0.355 e. The predicted octanol–water partition coefficient (Wildman–Crippen LogP) is 2.71. The largest absolute Gasteiger partial charge is 0.496 e. The zero-order chi connectivity index (χ0) is 21.8. The van der Waals surface area contributed by atoms with Crippen LogP contribution >= 0.6 is 0 Å². The number of nitro groups is 1. The number of amides is 1. The average molecular weight is 420 g/mol. The van der Waals surface area contributed by atoms with E-state index in [1.165, 1.54) is 19.0 Å². The molecule has 0 saturated heterocycles. The van der Waals surface area contributed by atoms with E-state index >= 15 is 0 Å². The van der Waals surface area contributed by atoms with Crippen molar-refractivity contribution in [2.24, 2.45) is 0 Å². The summed E-state index contributed by atoms with van der Waals surface area (Å²) in [6.07, 6.45) is 1.99. The van der Waals surface area contributed by atoms with Gasteiger partial charge in [0.05, 0.1) is 17.6 Å². The second-order valence-corrected chi connectivity index (χ2v) is 6.87. The van der Waals surface area contributed by atoms with Crippen LogP contribution in [0.15, 0.2) is 54.9 Å². The molecule has 0 saturated carbocycles. The molecule has 3 aromatic rings. The van der Waals surface area contributed by atoms with Gasteiger partial charge in [-0.2, -0.15) is 0 Å². The Morgan fingerprint density at radius 1 is 1.13 bits per heavy atom. The van der Waals surface area contributed by atoms with Crippen molar-refractivity contribution in [3.05, 3.63) is 81.7 Å². The van der Waals surface area contributed by atoms with Gasteiger partial charge in [-0.15, -0.1) is 0 Å². The third-order valence-corrected chi connectivity index (χ3v) is 5.06. The maximum atomic E-state index is 12.5. The number of hydrazine groups is 1. The van der Waals surface area contributed by atoms with Crippen molar-refractivity contribution < 1.29 is 14.5 Å². The van der Waals surface area contributed by atoms with Crippen molar-refractivity contribution in [3.63, 3.8) is 0 Å². The quantitative estimate of drug-likeness (QED) is 0.461. The number of hydrogen-bond acceptors (Lipinski definition) is 8. The zero-order valence-electron chi connectivity index (χ0n) is 16.7. The van der Waals surface area contributed by atoms with Gasteiger partial charge in [0.15, 0.2) is 0 Å². The molecule has 10 nitrogen and oxygen atoms in total. The highest BCUT2D eigenvalue weighted by Gasteiger charge is 2.29. The molecule has 0 unspecified atom stereocenters. The number of carbonyl (C=O) groups excluding carboxylic acids is 1. The van der Waals surface area contributed by atoms with Crippen LogP contribution in [0.4, 0.5) is 17.3 Å². The molecule has 0 bridgehead atoms. The Labute approximate surface area is 178 Å². The van der Waals surface area contributed by atoms with Crippen molar-refractivity contribution in [2.75, 3.05) is 24.0 Å². The smallest absolute Gasteiger partial charge is 0.355 e. The Kier molecular flexibility index (Phi) is 5.61. The molecule has 31 heavy (non-hydrogen) atoms. The molecule has 1 aliphatic heterocycles. The SMILES string of the molecule is COc1ccccc1C(=O)NNc1ncnc(N2CCc3ccccc3C2)c1[N+](=O)[O-]. The fourth-order valence-electron chi connectivity index (χ4n) is 3.55. The van der Waals surface area contributed by atoms with Crippen LogP contribution in [0.2, 0.25) is 0 Å². The molecular formula is C21H20N6O4. The number of methoxy groups -OCH3 is 1. The van der Waals surface area contributed by atoms with E-state index in [4.69, 9.17) is 4.74 Å². The normalized spacial score (nSPS) is 12.6. The third kappa shape index (κ3) is 4.08. The van der Waals surface area contributed by atoms with Gasteiger partial charge in [-0.05, 0) is 29.7 Å². The minimum atomic E-state index is -0.548. The first-order valence-electron chi connectivity index (χ1n) is 9.59. The lowest BCUT2D eigenvalue weighted by Crippen LogP contribution is -2.33. The van der Waals surface area contributed by atoms with Crippen molar-refractivity contribution in [1.29, 1.82) is 0 Å². The van der Waals surface area contributed by atoms with Crippen LogP contribution in [0.3, 0.4) is 0 Å². The summed E-state index contributed by atoms with van der Waals surface area (Å²) < 4.78 is 5.18. The molecule has 0 aliphatic carbocycles. The van der Waals surface area contributed by atoms with E-state index in [0.29, 0.717) is 18.8 Å². The highest BCUT2D eigenvalue weighted by Crippen LogP contribution is 2.34. The van der Waals surface area contributed by atoms with Crippen LogP contribution in [-0.2, 0) is 13.0 Å². The number of para-hydroxylation sites is 1. The first-order valence-corrected chi connectivity index (χ1v) is 9.59. The molecule has 2 heterocycles. The van der Waals surface area contributed by atoms with Crippen molar-refractivity contribution in [2.45, 2.75) is 13.0 Å². The van der Waals surface area contributed by atoms with Gasteiger partial charge in [-0.3, -0.25) is 25.8 Å². The van der Waals surface area contributed by atoms with E-state index in [-0.39, 0.29) is 22.9 Å². The highest BCUT2D eigenvalue weighted by molar-refractivity contribution is 5.97. The summed E-state index contributed by atoms with van der Waals surface area (Å²) in [5.41, 5.74) is 7.31. The summed E-state index contributed by atoms with van der Waals surface area (Å²) in [6, 6.07) is 14.6. The minimum absolute atomic E-state index is 0.0999. The molecule has 0 radical (unpaired) electrons. The van der Waals surface area contributed by atoms with Crippen LogP contribution in [0.1, 0.15) is 21.5 Å². The van der Waals surface area contributed by atoms with E-state index in [1.54, 1.807) is 24.3 Å². The van der Waals surface area contributed by atoms with Crippen LogP contribution in [0.25, 0.3) is 0 Å². The molecule has 2 N–H and O–H groups in total. The van der Waals surface area contributed by atoms with Gasteiger partial charge >= 0.3 is 5.69 Å². The number of nitrogens with zero attached hydrogens (tertiary/aromatic N) is 4. The number of rotatable bonds is 6. The molecule has 10 heteroatoms. The Hall–Kier alpha value is -4.21. The second kappa shape index (κ2) is 8.66. The topological polar surface area (TPSA) is 123 Å². The van der Waals surface area contributed by atoms with Gasteiger partial charge in [0, 0.05) is 13.1 Å². The molecular weight excluding hydrogens is 400 g/mol. The molecule has 1 aromatic heterocycles. The number of ether oxygens (including phenoxy) is 1. The number of fused-ring (bicyclic) bond motifs is 1. The summed E-state index contributed by atoms with van der Waals surface area (Å²) in [5, 5.41) is 11.9. The predicted molar refractivity (Wildman–Crippen MR) is 114 cm³/mol. The van der Waals surface area contributed by atoms with Crippen LogP contribution in [0, 0.1) is 10.1 Å². The van der Waals surface area contributed by atoms with Crippen molar-refractivity contribution in [1.82, 2.24) is 15.4 Å². The Bertz CT molecular complexity index is 1140. The summed E-state index contributed by atoms with van der Waals surface area (Å²) in [5.74, 6) is -0.0360. The van der Waals surface area contributed by atoms with E-state index in [1.807, 2.05) is 23.1 Å². The Morgan fingerprint density at radius 2 is 1.87 bits per heavy atom. The fraction of sp³-hybridized carbons (Fsp3) is 0.190. The van der Waals surface area contributed by atoms with Gasteiger partial charge in [-0.1, -0.05) is 36.4 Å². The number of carbonyl (C=O) groups is 1. The van der Waals surface area contributed by atoms with Crippen LogP contribution in [0.5, 0.6) is 5.75 Å². The maximum absolute atomic E-state index is 12.5. The molecule has 1 amide bonds. The Morgan fingerprint density at radius 3 is 2.65 bits per heavy atom. The van der Waals surface area contributed by atoms with Gasteiger partial charge in [0.2, 0.25) is 11.6 Å². The summed E-state index contributed by atoms with van der Waals surface area (Å²) >= 11 is 0. The third-order valence-electron chi connectivity index (χ3n) is 5.06. The number of hydrogen-bond donors (Lipinski definition) is 2. The molecule has 0 atom stereocenters. The lowest BCUT2D eigenvalue weighted by Gasteiger charge is -2.29. The molecule has 2 aromatic carbocycles. The minimum Gasteiger partial charge on any atom is -0.496 e. The number of benzene rings is 2. The van der Waals surface area contributed by atoms with Gasteiger partial charge in [0.25, 0.3) is 5.91 Å². The van der Waals surface area contributed by atoms with Crippen LogP contribution in [-0.4, -0.2) is 34.5 Å². The van der Waals surface area contributed by atoms with E-state index in [0.717, 1.165) is 12.0 Å². The molecule has 1 aliphatic rings. The number of nitrogens with one attached hydrogen (secondary N) is 2. The molecule has 0 fully saturated rings. The lowest BCUT2D eigenvalue weighted by atomic mass is 10.00. The van der Waals surface area contributed by atoms with Gasteiger partial charge < -0.3 is 9.64 Å². The first-order chi connectivity index (χ1) is 15.1. The zero-order valence-corrected chi connectivity index (χ0v) is 16.7. The molecule has 0 spiro atoms. The van der Waals surface area contributed by atoms with Gasteiger partial charge in [-0.25, -0.2) is 9.97 Å². The van der Waals surface area contributed by atoms with Crippen molar-refractivity contribution in [3.8, 4) is 5.75 Å². The summed E-state index contributed by atoms with van der Waals surface area (Å²) in [7, 11) is 1.46. The summed E-state index contributed by atoms with van der Waals surface area (Å²) in [6.45, 7) is 1.09. The van der Waals surface area contributed by atoms with Crippen LogP contribution < -0.4 is 20.5 Å². The number of anilines is 2. The molecule has 4 rings (SSSR count). The second-order valence-electron chi connectivity index (χ2n) is 6.87. The molecule has 158 valence electrons. The highest BCUT2D eigenvalue weighted by atomic mass is 16.6. The average Bonchev–Trinajstić information content (AvgIpc) is 2.81. The standard InChI is InChI=1S/C21H20N6O4/c1-31-17-9-5-4-8-16(17)21(28)25-24-19-18(27(29)30)20(23-13-22-19)26-11-10-14-6-2-3-7-15(14)12-26/h2-9,13H,10-12H2,1H3,(H,25,28)(H,22,23,24). The number of aromatic nitrogens is 2. The lowest BCUT2D eigenvalue weighted by molar-refractivity contribution is -0.383. The van der Waals surface area contributed by atoms with Crippen molar-refractivity contribution >= 4 is 23.2 Å². The van der Waals surface area contributed by atoms with Gasteiger partial charge in [0.1, 0.15) is 12.1 Å². The summed E-state index contributed by atoms with van der Waals surface area (Å²) in [4.78, 5) is 33.8. The Balaban J connectivity index is 1.58. The van der Waals surface area contributed by atoms with E-state index in [2.05, 4.69) is 26.9 Å². The monoisotopic (exact) mass is 420 g/mol. The fourth-order valence-corrected chi connectivity index (χ4v) is 3.55. The first kappa shape index (κ1) is 20.1. The van der Waals surface area contributed by atoms with E-state index in [9.17, 15) is 14.9 Å². The van der Waals surface area contributed by atoms with E-state index < -0.39 is 10.8 Å².